The summed E-state index contributed by atoms with van der Waals surface area (Å²) in [7, 11) is 1.66. The fourth-order valence-electron chi connectivity index (χ4n) is 2.98. The minimum atomic E-state index is -0.424. The Morgan fingerprint density at radius 1 is 1.43 bits per heavy atom. The summed E-state index contributed by atoms with van der Waals surface area (Å²) in [6.07, 6.45) is 0.385. The van der Waals surface area contributed by atoms with Crippen LogP contribution in [0.5, 0.6) is 0 Å². The second kappa shape index (κ2) is 6.12. The largest absolute Gasteiger partial charge is 0.380 e. The van der Waals surface area contributed by atoms with Crippen molar-refractivity contribution in [3.63, 3.8) is 0 Å². The molecule has 1 saturated heterocycles. The Bertz CT molecular complexity index is 711. The van der Waals surface area contributed by atoms with Crippen LogP contribution in [0, 0.1) is 5.92 Å². The molecule has 2 heterocycles. The number of nitrogens with zero attached hydrogens (tertiary/aromatic N) is 2. The Hall–Kier alpha value is -2.21. The van der Waals surface area contributed by atoms with Gasteiger partial charge in [-0.15, -0.1) is 0 Å². The summed E-state index contributed by atoms with van der Waals surface area (Å²) in [6.45, 7) is 5.22. The van der Waals surface area contributed by atoms with Crippen LogP contribution < -0.4 is 5.32 Å². The van der Waals surface area contributed by atoms with E-state index in [1.807, 2.05) is 24.3 Å². The molecule has 0 radical (unpaired) electrons. The van der Waals surface area contributed by atoms with Crippen molar-refractivity contribution in [3.05, 3.63) is 35.7 Å². The number of aromatic nitrogens is 2. The van der Waals surface area contributed by atoms with Gasteiger partial charge in [-0.2, -0.15) is 4.98 Å². The van der Waals surface area contributed by atoms with Crippen LogP contribution in [0.3, 0.4) is 0 Å². The van der Waals surface area contributed by atoms with Gasteiger partial charge >= 0.3 is 0 Å². The van der Waals surface area contributed by atoms with Crippen molar-refractivity contribution < 1.29 is 14.1 Å². The van der Waals surface area contributed by atoms with Gasteiger partial charge in [-0.25, -0.2) is 0 Å². The molecule has 0 spiro atoms. The van der Waals surface area contributed by atoms with Gasteiger partial charge in [-0.3, -0.25) is 4.79 Å². The van der Waals surface area contributed by atoms with Gasteiger partial charge in [0.2, 0.25) is 17.6 Å². The first-order valence-electron chi connectivity index (χ1n) is 7.74. The highest BCUT2D eigenvalue weighted by Crippen LogP contribution is 2.38. The van der Waals surface area contributed by atoms with E-state index in [2.05, 4.69) is 29.3 Å². The van der Waals surface area contributed by atoms with Crippen LogP contribution in [0.1, 0.15) is 31.7 Å². The SMILES string of the molecule is COCc1cccc(-c2noc(C3(C(C)C)CNC(=O)C3)n2)c1. The van der Waals surface area contributed by atoms with Crippen LogP contribution in [-0.2, 0) is 21.6 Å². The first kappa shape index (κ1) is 15.7. The molecular weight excluding hydrogens is 294 g/mol. The van der Waals surface area contributed by atoms with Crippen LogP contribution in [0.2, 0.25) is 0 Å². The van der Waals surface area contributed by atoms with Gasteiger partial charge in [0.1, 0.15) is 0 Å². The number of methoxy groups -OCH3 is 1. The minimum absolute atomic E-state index is 0.0283. The van der Waals surface area contributed by atoms with Crippen molar-refractivity contribution in [2.75, 3.05) is 13.7 Å². The van der Waals surface area contributed by atoms with Gasteiger partial charge < -0.3 is 14.6 Å². The van der Waals surface area contributed by atoms with Gasteiger partial charge in [-0.05, 0) is 17.5 Å². The zero-order valence-corrected chi connectivity index (χ0v) is 13.6. The number of hydrogen-bond donors (Lipinski definition) is 1. The fraction of sp³-hybridized carbons (Fsp3) is 0.471. The van der Waals surface area contributed by atoms with Crippen molar-refractivity contribution in [2.45, 2.75) is 32.3 Å². The summed E-state index contributed by atoms with van der Waals surface area (Å²) in [5.41, 5.74) is 1.50. The number of carbonyl (C=O) groups is 1. The Labute approximate surface area is 135 Å². The van der Waals surface area contributed by atoms with Crippen molar-refractivity contribution in [1.82, 2.24) is 15.5 Å². The molecule has 0 saturated carbocycles. The molecule has 1 aliphatic heterocycles. The topological polar surface area (TPSA) is 77.3 Å². The smallest absolute Gasteiger partial charge is 0.235 e. The molecule has 1 amide bonds. The normalized spacial score (nSPS) is 21.0. The highest BCUT2D eigenvalue weighted by molar-refractivity contribution is 5.80. The highest BCUT2D eigenvalue weighted by Gasteiger charge is 2.47. The highest BCUT2D eigenvalue weighted by atomic mass is 16.5. The van der Waals surface area contributed by atoms with E-state index in [1.165, 1.54) is 0 Å². The lowest BCUT2D eigenvalue weighted by atomic mass is 9.76. The maximum absolute atomic E-state index is 11.7. The molecule has 1 fully saturated rings. The maximum Gasteiger partial charge on any atom is 0.235 e. The second-order valence-electron chi connectivity index (χ2n) is 6.32. The molecular formula is C17H21N3O3. The second-order valence-corrected chi connectivity index (χ2v) is 6.32. The van der Waals surface area contributed by atoms with Crippen molar-refractivity contribution in [3.8, 4) is 11.4 Å². The van der Waals surface area contributed by atoms with Gasteiger partial charge in [0.25, 0.3) is 0 Å². The van der Waals surface area contributed by atoms with E-state index < -0.39 is 5.41 Å². The first-order chi connectivity index (χ1) is 11.0. The van der Waals surface area contributed by atoms with Crippen molar-refractivity contribution in [2.24, 2.45) is 5.92 Å². The molecule has 2 aromatic rings. The molecule has 1 N–H and O–H groups in total. The van der Waals surface area contributed by atoms with E-state index in [0.29, 0.717) is 31.3 Å². The molecule has 1 aliphatic rings. The summed E-state index contributed by atoms with van der Waals surface area (Å²) < 4.78 is 10.7. The van der Waals surface area contributed by atoms with Gasteiger partial charge in [0, 0.05) is 25.6 Å². The molecule has 6 heteroatoms. The third-order valence-corrected chi connectivity index (χ3v) is 4.53. The average molecular weight is 315 g/mol. The Kier molecular flexibility index (Phi) is 4.17. The molecule has 6 nitrogen and oxygen atoms in total. The van der Waals surface area contributed by atoms with Crippen LogP contribution in [0.25, 0.3) is 11.4 Å². The summed E-state index contributed by atoms with van der Waals surface area (Å²) >= 11 is 0. The minimum Gasteiger partial charge on any atom is -0.380 e. The van der Waals surface area contributed by atoms with E-state index in [1.54, 1.807) is 7.11 Å². The van der Waals surface area contributed by atoms with Gasteiger partial charge in [0.15, 0.2) is 0 Å². The lowest BCUT2D eigenvalue weighted by Gasteiger charge is -2.26. The van der Waals surface area contributed by atoms with E-state index >= 15 is 0 Å². The molecule has 1 aromatic carbocycles. The summed E-state index contributed by atoms with van der Waals surface area (Å²) in [5.74, 6) is 1.31. The Morgan fingerprint density at radius 2 is 2.26 bits per heavy atom. The quantitative estimate of drug-likeness (QED) is 0.916. The number of benzene rings is 1. The van der Waals surface area contributed by atoms with E-state index in [-0.39, 0.29) is 11.8 Å². The van der Waals surface area contributed by atoms with Crippen LogP contribution in [0.4, 0.5) is 0 Å². The van der Waals surface area contributed by atoms with E-state index in [9.17, 15) is 4.79 Å². The van der Waals surface area contributed by atoms with Gasteiger partial charge in [0.05, 0.1) is 12.0 Å². The zero-order valence-electron chi connectivity index (χ0n) is 13.6. The predicted molar refractivity (Wildman–Crippen MR) is 84.6 cm³/mol. The zero-order chi connectivity index (χ0) is 16.4. The monoisotopic (exact) mass is 315 g/mol. The van der Waals surface area contributed by atoms with Crippen LogP contribution in [0.15, 0.2) is 28.8 Å². The number of carbonyl (C=O) groups excluding carboxylic acids is 1. The lowest BCUT2D eigenvalue weighted by molar-refractivity contribution is -0.119. The summed E-state index contributed by atoms with van der Waals surface area (Å²) in [5, 5.41) is 7.00. The number of nitrogens with one attached hydrogen (secondary N) is 1. The van der Waals surface area contributed by atoms with Crippen LogP contribution in [-0.4, -0.2) is 29.7 Å². The van der Waals surface area contributed by atoms with E-state index in [4.69, 9.17) is 9.26 Å². The number of rotatable bonds is 5. The molecule has 0 bridgehead atoms. The first-order valence-corrected chi connectivity index (χ1v) is 7.74. The number of ether oxygens (including phenoxy) is 1. The molecule has 1 unspecified atom stereocenters. The molecule has 1 aromatic heterocycles. The van der Waals surface area contributed by atoms with Crippen molar-refractivity contribution >= 4 is 5.91 Å². The van der Waals surface area contributed by atoms with Gasteiger partial charge in [-0.1, -0.05) is 37.2 Å². The molecule has 3 rings (SSSR count). The summed E-state index contributed by atoms with van der Waals surface area (Å²) in [6, 6.07) is 7.86. The Morgan fingerprint density at radius 3 is 2.91 bits per heavy atom. The van der Waals surface area contributed by atoms with E-state index in [0.717, 1.165) is 11.1 Å². The molecule has 23 heavy (non-hydrogen) atoms. The third kappa shape index (κ3) is 2.86. The molecule has 122 valence electrons. The van der Waals surface area contributed by atoms with Crippen molar-refractivity contribution in [1.29, 1.82) is 0 Å². The maximum atomic E-state index is 11.7. The third-order valence-electron chi connectivity index (χ3n) is 4.53. The fourth-order valence-corrected chi connectivity index (χ4v) is 2.98. The average Bonchev–Trinajstić information content (AvgIpc) is 3.15. The predicted octanol–water partition coefficient (Wildman–Crippen LogP) is 2.30. The lowest BCUT2D eigenvalue weighted by Crippen LogP contribution is -2.35. The Balaban J connectivity index is 1.94. The summed E-state index contributed by atoms with van der Waals surface area (Å²) in [4.78, 5) is 16.3. The standard InChI is InChI=1S/C17H21N3O3/c1-11(2)17(8-14(21)18-10-17)16-19-15(20-23-16)13-6-4-5-12(7-13)9-22-3/h4-7,11H,8-10H2,1-3H3,(H,18,21). The molecule has 0 aliphatic carbocycles. The number of hydrogen-bond acceptors (Lipinski definition) is 5. The molecule has 1 atom stereocenters. The van der Waals surface area contributed by atoms with Crippen LogP contribution >= 0.6 is 0 Å². The number of amides is 1.